The number of alkyl carbamates (subject to hydrolysis) is 1. The fourth-order valence-corrected chi connectivity index (χ4v) is 3.67. The molecule has 0 radical (unpaired) electrons. The third-order valence-corrected chi connectivity index (χ3v) is 5.32. The Morgan fingerprint density at radius 2 is 1.39 bits per heavy atom. The second-order valence-electron chi connectivity index (χ2n) is 11.1. The fourth-order valence-electron chi connectivity index (χ4n) is 3.67. The van der Waals surface area contributed by atoms with E-state index in [4.69, 9.17) is 9.47 Å². The molecule has 1 aromatic rings. The van der Waals surface area contributed by atoms with Gasteiger partial charge in [-0.1, -0.05) is 30.3 Å². The van der Waals surface area contributed by atoms with E-state index in [-0.39, 0.29) is 31.2 Å². The van der Waals surface area contributed by atoms with Crippen molar-refractivity contribution in [1.29, 1.82) is 0 Å². The van der Waals surface area contributed by atoms with E-state index < -0.39 is 41.3 Å². The van der Waals surface area contributed by atoms with Crippen molar-refractivity contribution in [3.05, 3.63) is 48.0 Å². The summed E-state index contributed by atoms with van der Waals surface area (Å²) in [6, 6.07) is 7.15. The molecule has 38 heavy (non-hydrogen) atoms. The van der Waals surface area contributed by atoms with Crippen molar-refractivity contribution < 1.29 is 33.4 Å². The molecule has 10 heteroatoms. The molecule has 0 spiro atoms. The van der Waals surface area contributed by atoms with E-state index in [2.05, 4.69) is 10.6 Å². The summed E-state index contributed by atoms with van der Waals surface area (Å²) in [5.74, 6) is -1.92. The summed E-state index contributed by atoms with van der Waals surface area (Å²) in [6.07, 6.45) is 2.96. The normalized spacial score (nSPS) is 15.2. The molecule has 0 aromatic heterocycles. The van der Waals surface area contributed by atoms with Crippen LogP contribution in [0.5, 0.6) is 0 Å². The van der Waals surface area contributed by atoms with Gasteiger partial charge in [0, 0.05) is 25.1 Å². The van der Waals surface area contributed by atoms with E-state index in [0.29, 0.717) is 12.8 Å². The smallest absolute Gasteiger partial charge is 0.408 e. The van der Waals surface area contributed by atoms with Gasteiger partial charge in [-0.05, 0) is 66.4 Å². The number of unbranched alkanes of at least 4 members (excludes halogenated alkanes) is 1. The van der Waals surface area contributed by atoms with Gasteiger partial charge in [-0.3, -0.25) is 19.3 Å². The number of carbonyl (C=O) groups is 5. The van der Waals surface area contributed by atoms with Gasteiger partial charge < -0.3 is 20.1 Å². The second-order valence-corrected chi connectivity index (χ2v) is 11.1. The number of imide groups is 1. The largest absolute Gasteiger partial charge is 0.458 e. The zero-order valence-electron chi connectivity index (χ0n) is 23.0. The lowest BCUT2D eigenvalue weighted by molar-refractivity contribution is -0.159. The number of benzene rings is 1. The standard InChI is InChI=1S/C28H39N3O7/c1-27(2,3)37-25(35)20(14-10-11-17-31-22(32)15-16-23(31)33)29-24(34)21(18-19-12-8-7-9-13-19)30-26(36)38-28(4,5)6/h7-9,12-13,15-16,20-21H,10-11,14,17-18H2,1-6H3,(H,29,34)(H,30,36). The highest BCUT2D eigenvalue weighted by Crippen LogP contribution is 2.14. The van der Waals surface area contributed by atoms with Crippen molar-refractivity contribution >= 4 is 29.8 Å². The maximum atomic E-state index is 13.4. The van der Waals surface area contributed by atoms with Crippen LogP contribution in [0.25, 0.3) is 0 Å². The van der Waals surface area contributed by atoms with Crippen LogP contribution in [0.4, 0.5) is 4.79 Å². The Hall–Kier alpha value is -3.69. The molecule has 1 aromatic carbocycles. The number of rotatable bonds is 11. The van der Waals surface area contributed by atoms with Crippen LogP contribution in [-0.2, 0) is 35.1 Å². The monoisotopic (exact) mass is 529 g/mol. The zero-order chi connectivity index (χ0) is 28.5. The number of nitrogens with one attached hydrogen (secondary N) is 2. The molecule has 4 amide bonds. The number of nitrogens with zero attached hydrogens (tertiary/aromatic N) is 1. The number of hydrogen-bond donors (Lipinski definition) is 2. The van der Waals surface area contributed by atoms with Gasteiger partial charge in [0.1, 0.15) is 23.3 Å². The number of carbonyl (C=O) groups excluding carboxylic acids is 5. The van der Waals surface area contributed by atoms with Crippen LogP contribution in [0.3, 0.4) is 0 Å². The lowest BCUT2D eigenvalue weighted by Gasteiger charge is -2.27. The van der Waals surface area contributed by atoms with Gasteiger partial charge in [-0.15, -0.1) is 0 Å². The van der Waals surface area contributed by atoms with Crippen LogP contribution in [0.2, 0.25) is 0 Å². The van der Waals surface area contributed by atoms with Crippen molar-refractivity contribution in [2.75, 3.05) is 6.54 Å². The number of hydrogen-bond acceptors (Lipinski definition) is 7. The van der Waals surface area contributed by atoms with Crippen LogP contribution < -0.4 is 10.6 Å². The minimum atomic E-state index is -1.01. The van der Waals surface area contributed by atoms with E-state index in [1.54, 1.807) is 41.5 Å². The summed E-state index contributed by atoms with van der Waals surface area (Å²) < 4.78 is 10.8. The molecule has 0 fully saturated rings. The Morgan fingerprint density at radius 1 is 0.816 bits per heavy atom. The molecular weight excluding hydrogens is 490 g/mol. The first-order chi connectivity index (χ1) is 17.6. The predicted molar refractivity (Wildman–Crippen MR) is 141 cm³/mol. The summed E-state index contributed by atoms with van der Waals surface area (Å²) in [7, 11) is 0. The quantitative estimate of drug-likeness (QED) is 0.256. The van der Waals surface area contributed by atoms with Gasteiger partial charge in [0.2, 0.25) is 5.91 Å². The van der Waals surface area contributed by atoms with Crippen LogP contribution >= 0.6 is 0 Å². The van der Waals surface area contributed by atoms with Gasteiger partial charge in [-0.2, -0.15) is 0 Å². The van der Waals surface area contributed by atoms with Crippen molar-refractivity contribution in [2.45, 2.75) is 90.5 Å². The molecule has 1 heterocycles. The van der Waals surface area contributed by atoms with Gasteiger partial charge >= 0.3 is 12.1 Å². The van der Waals surface area contributed by atoms with Gasteiger partial charge in [-0.25, -0.2) is 9.59 Å². The molecule has 1 aliphatic heterocycles. The first-order valence-electron chi connectivity index (χ1n) is 12.7. The molecule has 1 aliphatic rings. The van der Waals surface area contributed by atoms with E-state index >= 15 is 0 Å². The molecule has 2 atom stereocenters. The summed E-state index contributed by atoms with van der Waals surface area (Å²) in [6.45, 7) is 10.5. The fraction of sp³-hybridized carbons (Fsp3) is 0.536. The third kappa shape index (κ3) is 10.7. The lowest BCUT2D eigenvalue weighted by Crippen LogP contribution is -2.54. The Labute approximate surface area is 224 Å². The Bertz CT molecular complexity index is 1020. The molecule has 0 saturated carbocycles. The molecule has 208 valence electrons. The van der Waals surface area contributed by atoms with Crippen molar-refractivity contribution in [2.24, 2.45) is 0 Å². The van der Waals surface area contributed by atoms with Gasteiger partial charge in [0.05, 0.1) is 0 Å². The Kier molecular flexibility index (Phi) is 10.6. The molecule has 2 N–H and O–H groups in total. The molecule has 2 unspecified atom stereocenters. The van der Waals surface area contributed by atoms with Crippen LogP contribution in [0.1, 0.15) is 66.4 Å². The molecule has 0 aliphatic carbocycles. The van der Waals surface area contributed by atoms with Crippen LogP contribution in [0, 0.1) is 0 Å². The van der Waals surface area contributed by atoms with Crippen molar-refractivity contribution in [1.82, 2.24) is 15.5 Å². The number of esters is 1. The van der Waals surface area contributed by atoms with Crippen molar-refractivity contribution in [3.8, 4) is 0 Å². The SMILES string of the molecule is CC(C)(C)OC(=O)NC(Cc1ccccc1)C(=O)NC(CCCCN1C(=O)C=CC1=O)C(=O)OC(C)(C)C. The minimum Gasteiger partial charge on any atom is -0.458 e. The third-order valence-electron chi connectivity index (χ3n) is 5.32. The number of amides is 4. The molecule has 0 saturated heterocycles. The average molecular weight is 530 g/mol. The summed E-state index contributed by atoms with van der Waals surface area (Å²) in [5, 5.41) is 5.34. The topological polar surface area (TPSA) is 131 Å². The van der Waals surface area contributed by atoms with Crippen LogP contribution in [0.15, 0.2) is 42.5 Å². The van der Waals surface area contributed by atoms with E-state index in [0.717, 1.165) is 10.5 Å². The van der Waals surface area contributed by atoms with E-state index in [1.165, 1.54) is 12.2 Å². The van der Waals surface area contributed by atoms with Gasteiger partial charge in [0.15, 0.2) is 0 Å². The van der Waals surface area contributed by atoms with E-state index in [9.17, 15) is 24.0 Å². The van der Waals surface area contributed by atoms with Crippen LogP contribution in [-0.4, -0.2) is 64.5 Å². The summed E-state index contributed by atoms with van der Waals surface area (Å²) >= 11 is 0. The highest BCUT2D eigenvalue weighted by Gasteiger charge is 2.31. The average Bonchev–Trinajstić information content (AvgIpc) is 3.10. The minimum absolute atomic E-state index is 0.180. The molecular formula is C28H39N3O7. The predicted octanol–water partition coefficient (Wildman–Crippen LogP) is 3.04. The Morgan fingerprint density at radius 3 is 1.95 bits per heavy atom. The first kappa shape index (κ1) is 30.5. The zero-order valence-corrected chi connectivity index (χ0v) is 23.0. The molecule has 2 rings (SSSR count). The van der Waals surface area contributed by atoms with Gasteiger partial charge in [0.25, 0.3) is 11.8 Å². The number of ether oxygens (including phenoxy) is 2. The molecule has 10 nitrogen and oxygen atoms in total. The second kappa shape index (κ2) is 13.2. The highest BCUT2D eigenvalue weighted by atomic mass is 16.6. The lowest BCUT2D eigenvalue weighted by atomic mass is 10.0. The summed E-state index contributed by atoms with van der Waals surface area (Å²) in [4.78, 5) is 63.5. The van der Waals surface area contributed by atoms with Crippen molar-refractivity contribution in [3.63, 3.8) is 0 Å². The maximum absolute atomic E-state index is 13.4. The Balaban J connectivity index is 2.12. The molecule has 0 bridgehead atoms. The van der Waals surface area contributed by atoms with E-state index in [1.807, 2.05) is 30.3 Å². The summed E-state index contributed by atoms with van der Waals surface area (Å²) in [5.41, 5.74) is -0.728. The highest BCUT2D eigenvalue weighted by molar-refractivity contribution is 6.12. The maximum Gasteiger partial charge on any atom is 0.408 e. The first-order valence-corrected chi connectivity index (χ1v) is 12.7.